The van der Waals surface area contributed by atoms with Crippen molar-refractivity contribution in [1.29, 1.82) is 0 Å². The topological polar surface area (TPSA) is 66.9 Å². The van der Waals surface area contributed by atoms with Gasteiger partial charge in [0.25, 0.3) is 10.0 Å². The number of carbonyl (C=O) groups is 1. The van der Waals surface area contributed by atoms with Crippen LogP contribution in [0.4, 0.5) is 0 Å². The van der Waals surface area contributed by atoms with Gasteiger partial charge in [-0.25, -0.2) is 8.42 Å². The molecule has 6 nitrogen and oxygen atoms in total. The molecule has 1 aromatic carbocycles. The van der Waals surface area contributed by atoms with Gasteiger partial charge in [0.1, 0.15) is 16.6 Å². The average Bonchev–Trinajstić information content (AvgIpc) is 3.25. The van der Waals surface area contributed by atoms with Crippen molar-refractivity contribution in [1.82, 2.24) is 9.21 Å². The molecule has 152 valence electrons. The lowest BCUT2D eigenvalue weighted by atomic mass is 9.97. The molecule has 0 aliphatic carbocycles. The van der Waals surface area contributed by atoms with Crippen LogP contribution in [0.5, 0.6) is 5.75 Å². The van der Waals surface area contributed by atoms with Crippen LogP contribution in [-0.4, -0.2) is 56.8 Å². The molecular formula is C19H23ClN2O4S2. The van der Waals surface area contributed by atoms with E-state index in [0.29, 0.717) is 54.1 Å². The smallest absolute Gasteiger partial charge is 0.252 e. The maximum atomic E-state index is 12.7. The highest BCUT2D eigenvalue weighted by Crippen LogP contribution is 2.27. The van der Waals surface area contributed by atoms with E-state index in [1.165, 1.54) is 15.6 Å². The van der Waals surface area contributed by atoms with Crippen LogP contribution in [0.25, 0.3) is 0 Å². The van der Waals surface area contributed by atoms with E-state index in [2.05, 4.69) is 0 Å². The first-order valence-electron chi connectivity index (χ1n) is 9.05. The number of benzene rings is 1. The van der Waals surface area contributed by atoms with Crippen molar-refractivity contribution in [2.45, 2.75) is 17.1 Å². The van der Waals surface area contributed by atoms with Crippen molar-refractivity contribution >= 4 is 38.9 Å². The molecule has 1 aliphatic heterocycles. The fourth-order valence-electron chi connectivity index (χ4n) is 3.13. The third-order valence-corrected chi connectivity index (χ3v) is 8.30. The number of carbonyl (C=O) groups excluding carboxylic acids is 1. The highest BCUT2D eigenvalue weighted by Gasteiger charge is 2.33. The molecule has 0 N–H and O–H groups in total. The number of sulfonamides is 1. The van der Waals surface area contributed by atoms with Crippen LogP contribution in [-0.2, 0) is 14.8 Å². The molecule has 0 atom stereocenters. The van der Waals surface area contributed by atoms with Crippen molar-refractivity contribution in [3.05, 3.63) is 46.8 Å². The first-order chi connectivity index (χ1) is 13.4. The zero-order chi connectivity index (χ0) is 20.1. The third kappa shape index (κ3) is 5.05. The molecule has 9 heteroatoms. The van der Waals surface area contributed by atoms with E-state index < -0.39 is 10.0 Å². The predicted octanol–water partition coefficient (Wildman–Crippen LogP) is 3.34. The summed E-state index contributed by atoms with van der Waals surface area (Å²) in [6.45, 7) is 1.59. The monoisotopic (exact) mass is 442 g/mol. The van der Waals surface area contributed by atoms with Crippen LogP contribution < -0.4 is 4.74 Å². The number of rotatable bonds is 7. The van der Waals surface area contributed by atoms with Gasteiger partial charge in [-0.1, -0.05) is 17.7 Å². The Morgan fingerprint density at radius 1 is 1.25 bits per heavy atom. The van der Waals surface area contributed by atoms with Crippen LogP contribution in [0.2, 0.25) is 5.02 Å². The summed E-state index contributed by atoms with van der Waals surface area (Å²) in [4.78, 5) is 14.3. The van der Waals surface area contributed by atoms with E-state index in [1.807, 2.05) is 0 Å². The van der Waals surface area contributed by atoms with Gasteiger partial charge >= 0.3 is 0 Å². The van der Waals surface area contributed by atoms with Crippen molar-refractivity contribution < 1.29 is 17.9 Å². The summed E-state index contributed by atoms with van der Waals surface area (Å²) in [7, 11) is -1.69. The zero-order valence-electron chi connectivity index (χ0n) is 15.6. The van der Waals surface area contributed by atoms with Crippen molar-refractivity contribution in [2.75, 3.05) is 33.3 Å². The highest BCUT2D eigenvalue weighted by atomic mass is 35.5. The lowest BCUT2D eigenvalue weighted by Crippen LogP contribution is -2.44. The van der Waals surface area contributed by atoms with Crippen LogP contribution in [0.15, 0.2) is 46.0 Å². The van der Waals surface area contributed by atoms with Gasteiger partial charge in [0, 0.05) is 31.1 Å². The number of hydrogen-bond donors (Lipinski definition) is 0. The lowest BCUT2D eigenvalue weighted by molar-refractivity contribution is -0.135. The second-order valence-corrected chi connectivity index (χ2v) is 10.2. The number of halogens is 1. The first kappa shape index (κ1) is 21.1. The molecule has 2 heterocycles. The summed E-state index contributed by atoms with van der Waals surface area (Å²) < 4.78 is 32.6. The summed E-state index contributed by atoms with van der Waals surface area (Å²) in [6, 6.07) is 10.4. The molecular weight excluding hydrogens is 420 g/mol. The Balaban J connectivity index is 1.46. The minimum absolute atomic E-state index is 0.0351. The van der Waals surface area contributed by atoms with Gasteiger partial charge < -0.3 is 9.64 Å². The molecule has 1 aliphatic rings. The molecule has 0 spiro atoms. The number of ether oxygens (including phenoxy) is 1. The lowest BCUT2D eigenvalue weighted by Gasteiger charge is -2.32. The zero-order valence-corrected chi connectivity index (χ0v) is 18.0. The van der Waals surface area contributed by atoms with Crippen molar-refractivity contribution in [3.8, 4) is 5.75 Å². The van der Waals surface area contributed by atoms with E-state index in [1.54, 1.807) is 53.7 Å². The Bertz CT molecular complexity index is 877. The molecule has 0 bridgehead atoms. The SMILES string of the molecule is CN(CCOc1ccc(Cl)cc1)C(=O)C1CCN(S(=O)(=O)c2cccs2)CC1. The fourth-order valence-corrected chi connectivity index (χ4v) is 5.87. The van der Waals surface area contributed by atoms with Crippen LogP contribution in [0.1, 0.15) is 12.8 Å². The Morgan fingerprint density at radius 3 is 2.54 bits per heavy atom. The molecule has 2 aromatic rings. The van der Waals surface area contributed by atoms with Gasteiger partial charge in [-0.05, 0) is 48.6 Å². The molecule has 28 heavy (non-hydrogen) atoms. The Kier molecular flexibility index (Phi) is 6.98. The normalized spacial score (nSPS) is 16.1. The maximum Gasteiger partial charge on any atom is 0.252 e. The van der Waals surface area contributed by atoms with Crippen molar-refractivity contribution in [3.63, 3.8) is 0 Å². The van der Waals surface area contributed by atoms with Crippen LogP contribution >= 0.6 is 22.9 Å². The molecule has 3 rings (SSSR count). The van der Waals surface area contributed by atoms with Crippen molar-refractivity contribution in [2.24, 2.45) is 5.92 Å². The number of nitrogens with zero attached hydrogens (tertiary/aromatic N) is 2. The fraction of sp³-hybridized carbons (Fsp3) is 0.421. The molecule has 0 radical (unpaired) electrons. The molecule has 1 aromatic heterocycles. The third-order valence-electron chi connectivity index (χ3n) is 4.78. The summed E-state index contributed by atoms with van der Waals surface area (Å²) >= 11 is 7.06. The molecule has 1 saturated heterocycles. The molecule has 0 saturated carbocycles. The second-order valence-electron chi connectivity index (χ2n) is 6.67. The van der Waals surface area contributed by atoms with E-state index in [-0.39, 0.29) is 11.8 Å². The van der Waals surface area contributed by atoms with Gasteiger partial charge in [-0.3, -0.25) is 4.79 Å². The minimum Gasteiger partial charge on any atom is -0.492 e. The summed E-state index contributed by atoms with van der Waals surface area (Å²) in [6.07, 6.45) is 1.07. The Labute approximate surface area is 174 Å². The van der Waals surface area contributed by atoms with Gasteiger partial charge in [0.2, 0.25) is 5.91 Å². The second kappa shape index (κ2) is 9.26. The Hall–Kier alpha value is -1.61. The van der Waals surface area contributed by atoms with Crippen LogP contribution in [0.3, 0.4) is 0 Å². The largest absolute Gasteiger partial charge is 0.492 e. The van der Waals surface area contributed by atoms with E-state index in [9.17, 15) is 13.2 Å². The number of hydrogen-bond acceptors (Lipinski definition) is 5. The van der Waals surface area contributed by atoms with E-state index in [0.717, 1.165) is 0 Å². The number of amides is 1. The highest BCUT2D eigenvalue weighted by molar-refractivity contribution is 7.91. The van der Waals surface area contributed by atoms with E-state index in [4.69, 9.17) is 16.3 Å². The molecule has 0 unspecified atom stereocenters. The maximum absolute atomic E-state index is 12.7. The van der Waals surface area contributed by atoms with Crippen LogP contribution in [0, 0.1) is 5.92 Å². The van der Waals surface area contributed by atoms with Gasteiger partial charge in [0.05, 0.1) is 6.54 Å². The van der Waals surface area contributed by atoms with Gasteiger partial charge in [-0.2, -0.15) is 4.31 Å². The number of likely N-dealkylation sites (N-methyl/N-ethyl adjacent to an activating group) is 1. The predicted molar refractivity (Wildman–Crippen MR) is 110 cm³/mol. The molecule has 1 amide bonds. The first-order valence-corrected chi connectivity index (χ1v) is 11.7. The summed E-state index contributed by atoms with van der Waals surface area (Å²) in [5.41, 5.74) is 0. The van der Waals surface area contributed by atoms with E-state index >= 15 is 0 Å². The van der Waals surface area contributed by atoms with Gasteiger partial charge in [0.15, 0.2) is 0 Å². The molecule has 1 fully saturated rings. The standard InChI is InChI=1S/C19H23ClN2O4S2/c1-21(12-13-26-17-6-4-16(20)5-7-17)19(23)15-8-10-22(11-9-15)28(24,25)18-3-2-14-27-18/h2-7,14-15H,8-13H2,1H3. The summed E-state index contributed by atoms with van der Waals surface area (Å²) in [5.74, 6) is 0.584. The number of piperidine rings is 1. The minimum atomic E-state index is -3.44. The number of thiophene rings is 1. The summed E-state index contributed by atoms with van der Waals surface area (Å²) in [5, 5.41) is 2.40. The Morgan fingerprint density at radius 2 is 1.93 bits per heavy atom. The quantitative estimate of drug-likeness (QED) is 0.659. The average molecular weight is 443 g/mol. The van der Waals surface area contributed by atoms with Gasteiger partial charge in [-0.15, -0.1) is 11.3 Å².